The summed E-state index contributed by atoms with van der Waals surface area (Å²) in [4.78, 5) is 35.3. The summed E-state index contributed by atoms with van der Waals surface area (Å²) < 4.78 is 0. The molecule has 2 rings (SSSR count). The lowest BCUT2D eigenvalue weighted by molar-refractivity contribution is -0.147. The smallest absolute Gasteiger partial charge is 0.332 e. The van der Waals surface area contributed by atoms with E-state index in [0.717, 1.165) is 16.7 Å². The third-order valence-corrected chi connectivity index (χ3v) is 4.88. The quantitative estimate of drug-likeness (QED) is 0.272. The van der Waals surface area contributed by atoms with E-state index in [0.29, 0.717) is 11.6 Å². The predicted molar refractivity (Wildman–Crippen MR) is 122 cm³/mol. The van der Waals surface area contributed by atoms with Gasteiger partial charge in [0.25, 0.3) is 0 Å². The molecule has 0 unspecified atom stereocenters. The van der Waals surface area contributed by atoms with Crippen molar-refractivity contribution in [2.24, 2.45) is 5.92 Å². The normalized spacial score (nSPS) is 12.8. The van der Waals surface area contributed by atoms with Crippen LogP contribution in [0.5, 0.6) is 0 Å². The zero-order valence-electron chi connectivity index (χ0n) is 18.0. The summed E-state index contributed by atoms with van der Waals surface area (Å²) in [5.41, 5.74) is 7.65. The van der Waals surface area contributed by atoms with Crippen LogP contribution in [0.15, 0.2) is 48.5 Å². The Balaban J connectivity index is 2.07. The molecule has 0 fully saturated rings. The molecule has 0 spiro atoms. The van der Waals surface area contributed by atoms with Crippen LogP contribution < -0.4 is 16.2 Å². The van der Waals surface area contributed by atoms with E-state index in [-0.39, 0.29) is 18.8 Å². The van der Waals surface area contributed by atoms with Crippen LogP contribution in [0.2, 0.25) is 5.02 Å². The molecule has 0 aliphatic rings. The van der Waals surface area contributed by atoms with Crippen molar-refractivity contribution in [2.75, 3.05) is 6.54 Å². The number of aliphatic carboxylic acids is 1. The molecule has 2 amide bonds. The minimum atomic E-state index is -1.67. The Kier molecular flexibility index (Phi) is 9.64. The SMILES string of the molecule is CC(C)CNNC(=O)C(=O)N[C@H](Cc1ccc(-c2cccc(Cl)c2)cc1)C[C@@H](O)C(=O)O. The summed E-state index contributed by atoms with van der Waals surface area (Å²) in [6, 6.07) is 14.1. The highest BCUT2D eigenvalue weighted by molar-refractivity contribution is 6.35. The summed E-state index contributed by atoms with van der Waals surface area (Å²) in [6.45, 7) is 4.37. The predicted octanol–water partition coefficient (Wildman–Crippen LogP) is 2.15. The van der Waals surface area contributed by atoms with Crippen molar-refractivity contribution in [1.82, 2.24) is 16.2 Å². The Bertz CT molecular complexity index is 933. The molecule has 8 nitrogen and oxygen atoms in total. The van der Waals surface area contributed by atoms with E-state index >= 15 is 0 Å². The molecule has 0 saturated heterocycles. The molecule has 2 atom stereocenters. The Morgan fingerprint density at radius 2 is 1.69 bits per heavy atom. The average molecular weight is 462 g/mol. The van der Waals surface area contributed by atoms with Gasteiger partial charge in [-0.05, 0) is 41.2 Å². The lowest BCUT2D eigenvalue weighted by Gasteiger charge is -2.20. The van der Waals surface area contributed by atoms with Gasteiger partial charge in [-0.25, -0.2) is 10.2 Å². The molecule has 0 aliphatic heterocycles. The van der Waals surface area contributed by atoms with Crippen LogP contribution in [0.25, 0.3) is 11.1 Å². The van der Waals surface area contributed by atoms with Gasteiger partial charge in [-0.3, -0.25) is 15.0 Å². The monoisotopic (exact) mass is 461 g/mol. The van der Waals surface area contributed by atoms with E-state index in [9.17, 15) is 19.5 Å². The molecule has 0 aliphatic carbocycles. The van der Waals surface area contributed by atoms with Gasteiger partial charge in [-0.1, -0.05) is 61.8 Å². The molecule has 0 aromatic heterocycles. The zero-order chi connectivity index (χ0) is 23.7. The largest absolute Gasteiger partial charge is 0.479 e. The van der Waals surface area contributed by atoms with Crippen molar-refractivity contribution < 1.29 is 24.6 Å². The summed E-state index contributed by atoms with van der Waals surface area (Å²) in [5, 5.41) is 21.9. The number of carboxylic acids is 1. The van der Waals surface area contributed by atoms with Gasteiger partial charge >= 0.3 is 17.8 Å². The fourth-order valence-electron chi connectivity index (χ4n) is 2.99. The number of nitrogens with one attached hydrogen (secondary N) is 3. The van der Waals surface area contributed by atoms with Gasteiger partial charge in [0.05, 0.1) is 0 Å². The highest BCUT2D eigenvalue weighted by Crippen LogP contribution is 2.23. The molecule has 2 aromatic carbocycles. The molecule has 32 heavy (non-hydrogen) atoms. The zero-order valence-corrected chi connectivity index (χ0v) is 18.7. The van der Waals surface area contributed by atoms with Gasteiger partial charge in [0.1, 0.15) is 0 Å². The van der Waals surface area contributed by atoms with Gasteiger partial charge in [-0.2, -0.15) is 0 Å². The van der Waals surface area contributed by atoms with Gasteiger partial charge in [0.15, 0.2) is 6.10 Å². The Morgan fingerprint density at radius 1 is 1.00 bits per heavy atom. The van der Waals surface area contributed by atoms with Crippen LogP contribution in [0.3, 0.4) is 0 Å². The topological polar surface area (TPSA) is 128 Å². The van der Waals surface area contributed by atoms with Crippen LogP contribution in [0.1, 0.15) is 25.8 Å². The molecule has 0 heterocycles. The van der Waals surface area contributed by atoms with Gasteiger partial charge in [0, 0.05) is 24.0 Å². The summed E-state index contributed by atoms with van der Waals surface area (Å²) in [6.07, 6.45) is -1.68. The third-order valence-electron chi connectivity index (χ3n) is 4.64. The van der Waals surface area contributed by atoms with Crippen molar-refractivity contribution in [3.8, 4) is 11.1 Å². The van der Waals surface area contributed by atoms with Crippen LogP contribution >= 0.6 is 11.6 Å². The Morgan fingerprint density at radius 3 is 2.28 bits per heavy atom. The van der Waals surface area contributed by atoms with E-state index in [4.69, 9.17) is 16.7 Å². The maximum absolute atomic E-state index is 12.2. The second-order valence-electron chi connectivity index (χ2n) is 7.90. The molecule has 0 bridgehead atoms. The molecular formula is C23H28ClN3O5. The standard InChI is InChI=1S/C23H28ClN3O5/c1-14(2)13-25-27-22(30)21(29)26-19(12-20(28)23(31)32)10-15-6-8-16(9-7-15)17-4-3-5-18(24)11-17/h3-9,11,14,19-20,25,28H,10,12-13H2,1-2H3,(H,26,29)(H,27,30)(H,31,32)/t19-,20-/m1/s1. The van der Waals surface area contributed by atoms with Gasteiger partial charge in [-0.15, -0.1) is 0 Å². The number of amides is 2. The van der Waals surface area contributed by atoms with Gasteiger partial charge in [0.2, 0.25) is 0 Å². The first kappa shape index (κ1) is 25.3. The lowest BCUT2D eigenvalue weighted by atomic mass is 9.98. The third kappa shape index (κ3) is 8.30. The number of carboxylic acid groups (broad SMARTS) is 1. The summed E-state index contributed by atoms with van der Waals surface area (Å²) >= 11 is 6.04. The summed E-state index contributed by atoms with van der Waals surface area (Å²) in [7, 11) is 0. The first-order chi connectivity index (χ1) is 15.2. The molecule has 9 heteroatoms. The van der Waals surface area contributed by atoms with Crippen molar-refractivity contribution >= 4 is 29.4 Å². The van der Waals surface area contributed by atoms with E-state index in [2.05, 4.69) is 16.2 Å². The lowest BCUT2D eigenvalue weighted by Crippen LogP contribution is -2.50. The number of rotatable bonds is 10. The number of aliphatic hydroxyl groups excluding tert-OH is 1. The maximum atomic E-state index is 12.2. The minimum absolute atomic E-state index is 0.235. The van der Waals surface area contributed by atoms with E-state index < -0.39 is 29.9 Å². The molecule has 0 radical (unpaired) electrons. The van der Waals surface area contributed by atoms with Crippen LogP contribution in [0.4, 0.5) is 0 Å². The van der Waals surface area contributed by atoms with Crippen LogP contribution in [-0.2, 0) is 20.8 Å². The highest BCUT2D eigenvalue weighted by atomic mass is 35.5. The number of hydrogen-bond donors (Lipinski definition) is 5. The number of hydrazine groups is 1. The molecule has 2 aromatic rings. The maximum Gasteiger partial charge on any atom is 0.332 e. The second-order valence-corrected chi connectivity index (χ2v) is 8.34. The number of carbonyl (C=O) groups excluding carboxylic acids is 2. The number of halogens is 1. The average Bonchev–Trinajstić information content (AvgIpc) is 2.73. The van der Waals surface area contributed by atoms with Crippen molar-refractivity contribution in [2.45, 2.75) is 38.8 Å². The Labute approximate surface area is 191 Å². The number of benzene rings is 2. The number of aliphatic hydroxyl groups is 1. The van der Waals surface area contributed by atoms with Crippen molar-refractivity contribution in [1.29, 1.82) is 0 Å². The Hall–Kier alpha value is -2.94. The number of carbonyl (C=O) groups is 3. The van der Waals surface area contributed by atoms with Gasteiger partial charge < -0.3 is 15.5 Å². The molecule has 0 saturated carbocycles. The van der Waals surface area contributed by atoms with E-state index in [1.165, 1.54) is 0 Å². The van der Waals surface area contributed by atoms with E-state index in [1.807, 2.05) is 56.3 Å². The number of hydrogen-bond acceptors (Lipinski definition) is 5. The molecular weight excluding hydrogens is 434 g/mol. The fourth-order valence-corrected chi connectivity index (χ4v) is 3.18. The summed E-state index contributed by atoms with van der Waals surface area (Å²) in [5.74, 6) is -2.94. The molecule has 172 valence electrons. The first-order valence-electron chi connectivity index (χ1n) is 10.2. The van der Waals surface area contributed by atoms with Crippen LogP contribution in [-0.4, -0.2) is 46.7 Å². The first-order valence-corrected chi connectivity index (χ1v) is 10.6. The van der Waals surface area contributed by atoms with Crippen LogP contribution in [0, 0.1) is 5.92 Å². The van der Waals surface area contributed by atoms with Crippen molar-refractivity contribution in [3.05, 3.63) is 59.1 Å². The second kappa shape index (κ2) is 12.2. The molecule has 5 N–H and O–H groups in total. The highest BCUT2D eigenvalue weighted by Gasteiger charge is 2.24. The minimum Gasteiger partial charge on any atom is -0.479 e. The fraction of sp³-hybridized carbons (Fsp3) is 0.348. The van der Waals surface area contributed by atoms with E-state index in [1.54, 1.807) is 6.07 Å². The van der Waals surface area contributed by atoms with Crippen molar-refractivity contribution in [3.63, 3.8) is 0 Å².